The predicted molar refractivity (Wildman–Crippen MR) is 192 cm³/mol. The highest BCUT2D eigenvalue weighted by Crippen LogP contribution is 2.64. The SMILES string of the molecule is C=CC(=O)OC(C)COC(C)COc1cc(OCC(C)OCC(C)OC(=O)C=C)c(C23CCC2CC(C)C3)cc1C1CC(C)=C2CC21.CC. The fraction of sp³-hybridized carbons (Fsp3) is 0.659. The van der Waals surface area contributed by atoms with E-state index in [9.17, 15) is 9.59 Å². The summed E-state index contributed by atoms with van der Waals surface area (Å²) in [5.41, 5.74) is 5.90. The van der Waals surface area contributed by atoms with Crippen molar-refractivity contribution in [3.63, 3.8) is 0 Å². The second-order valence-electron chi connectivity index (χ2n) is 14.6. The van der Waals surface area contributed by atoms with Gasteiger partial charge in [-0.2, -0.15) is 0 Å². The fourth-order valence-electron chi connectivity index (χ4n) is 8.12. The van der Waals surface area contributed by atoms with E-state index in [1.54, 1.807) is 19.4 Å². The Balaban J connectivity index is 0.00000265. The molecule has 9 unspecified atom stereocenters. The molecule has 4 aliphatic carbocycles. The van der Waals surface area contributed by atoms with Gasteiger partial charge in [-0.3, -0.25) is 0 Å². The van der Waals surface area contributed by atoms with E-state index in [-0.39, 0.29) is 43.0 Å². The van der Waals surface area contributed by atoms with Gasteiger partial charge in [-0.05, 0) is 108 Å². The van der Waals surface area contributed by atoms with Crippen LogP contribution in [0.15, 0.2) is 48.6 Å². The van der Waals surface area contributed by atoms with Gasteiger partial charge in [0.15, 0.2) is 0 Å². The molecule has 0 bridgehead atoms. The molecule has 1 aromatic carbocycles. The normalized spacial score (nSPS) is 27.2. The first-order valence-electron chi connectivity index (χ1n) is 18.5. The maximum absolute atomic E-state index is 11.6. The quantitative estimate of drug-likeness (QED) is 0.0868. The first-order chi connectivity index (χ1) is 23.4. The van der Waals surface area contributed by atoms with Crippen molar-refractivity contribution in [2.75, 3.05) is 26.4 Å². The number of ether oxygens (including phenoxy) is 6. The highest BCUT2D eigenvalue weighted by Gasteiger charge is 2.55. The molecular weight excluding hydrogens is 620 g/mol. The summed E-state index contributed by atoms with van der Waals surface area (Å²) in [5.74, 6) is 3.20. The number of benzene rings is 1. The van der Waals surface area contributed by atoms with Crippen molar-refractivity contribution < 1.29 is 38.0 Å². The first-order valence-corrected chi connectivity index (χ1v) is 18.5. The van der Waals surface area contributed by atoms with Crippen molar-refractivity contribution in [1.29, 1.82) is 0 Å². The largest absolute Gasteiger partial charge is 0.490 e. The number of hydrogen-bond donors (Lipinski definition) is 0. The van der Waals surface area contributed by atoms with E-state index in [1.165, 1.54) is 48.8 Å². The minimum atomic E-state index is -0.461. The number of esters is 2. The van der Waals surface area contributed by atoms with Gasteiger partial charge in [0.1, 0.15) is 36.9 Å². The monoisotopic (exact) mass is 680 g/mol. The third-order valence-corrected chi connectivity index (χ3v) is 10.6. The third-order valence-electron chi connectivity index (χ3n) is 10.6. The number of hydrogen-bond acceptors (Lipinski definition) is 8. The van der Waals surface area contributed by atoms with Crippen LogP contribution in [-0.4, -0.2) is 62.8 Å². The van der Waals surface area contributed by atoms with Gasteiger partial charge in [-0.15, -0.1) is 0 Å². The summed E-state index contributed by atoms with van der Waals surface area (Å²) in [7, 11) is 0. The molecule has 0 radical (unpaired) electrons. The third kappa shape index (κ3) is 9.37. The van der Waals surface area contributed by atoms with E-state index >= 15 is 0 Å². The van der Waals surface area contributed by atoms with Crippen LogP contribution < -0.4 is 9.47 Å². The van der Waals surface area contributed by atoms with Crippen LogP contribution in [0.5, 0.6) is 11.5 Å². The van der Waals surface area contributed by atoms with Gasteiger partial charge < -0.3 is 28.4 Å². The Morgan fingerprint density at radius 2 is 1.41 bits per heavy atom. The zero-order chi connectivity index (χ0) is 35.9. The number of fused-ring (bicyclic) bond motifs is 2. The van der Waals surface area contributed by atoms with E-state index in [2.05, 4.69) is 39.1 Å². The first kappa shape index (κ1) is 38.7. The van der Waals surface area contributed by atoms with Gasteiger partial charge >= 0.3 is 11.9 Å². The van der Waals surface area contributed by atoms with Crippen molar-refractivity contribution in [2.45, 2.75) is 130 Å². The van der Waals surface area contributed by atoms with Crippen molar-refractivity contribution >= 4 is 11.9 Å². The van der Waals surface area contributed by atoms with Crippen LogP contribution in [0.1, 0.15) is 111 Å². The molecule has 0 aromatic heterocycles. The summed E-state index contributed by atoms with van der Waals surface area (Å²) in [6.45, 7) is 24.4. The molecule has 4 aliphatic rings. The summed E-state index contributed by atoms with van der Waals surface area (Å²) >= 11 is 0. The molecule has 0 N–H and O–H groups in total. The van der Waals surface area contributed by atoms with Gasteiger partial charge in [-0.1, -0.05) is 45.1 Å². The Morgan fingerprint density at radius 1 is 0.837 bits per heavy atom. The molecule has 3 fully saturated rings. The molecule has 0 heterocycles. The second-order valence-corrected chi connectivity index (χ2v) is 14.6. The number of rotatable bonds is 18. The Hall–Kier alpha value is -3.10. The molecule has 0 amide bonds. The lowest BCUT2D eigenvalue weighted by atomic mass is 9.58. The Bertz CT molecular complexity index is 1370. The molecule has 8 nitrogen and oxygen atoms in total. The van der Waals surface area contributed by atoms with Crippen molar-refractivity contribution in [2.24, 2.45) is 17.8 Å². The lowest BCUT2D eigenvalue weighted by molar-refractivity contribution is -0.147. The molecular formula is C41H60O8. The van der Waals surface area contributed by atoms with Gasteiger partial charge in [0.05, 0.1) is 25.4 Å². The lowest BCUT2D eigenvalue weighted by Crippen LogP contribution is -2.40. The molecule has 0 aliphatic heterocycles. The molecule has 3 saturated carbocycles. The van der Waals surface area contributed by atoms with Crippen molar-refractivity contribution in [3.8, 4) is 11.5 Å². The van der Waals surface area contributed by atoms with Crippen molar-refractivity contribution in [3.05, 3.63) is 59.7 Å². The predicted octanol–water partition coefficient (Wildman–Crippen LogP) is 8.42. The van der Waals surface area contributed by atoms with Crippen LogP contribution in [0.25, 0.3) is 0 Å². The highest BCUT2D eigenvalue weighted by atomic mass is 16.6. The second kappa shape index (κ2) is 17.2. The molecule has 0 spiro atoms. The molecule has 9 atom stereocenters. The van der Waals surface area contributed by atoms with Gasteiger partial charge in [0.25, 0.3) is 0 Å². The molecule has 0 saturated heterocycles. The number of allylic oxidation sites excluding steroid dienone is 2. The Morgan fingerprint density at radius 3 is 1.86 bits per heavy atom. The minimum absolute atomic E-state index is 0.141. The van der Waals surface area contributed by atoms with E-state index in [1.807, 2.05) is 27.7 Å². The topological polar surface area (TPSA) is 89.5 Å². The van der Waals surface area contributed by atoms with E-state index in [0.29, 0.717) is 36.9 Å². The summed E-state index contributed by atoms with van der Waals surface area (Å²) < 4.78 is 35.8. The van der Waals surface area contributed by atoms with E-state index in [4.69, 9.17) is 28.4 Å². The summed E-state index contributed by atoms with van der Waals surface area (Å²) in [5, 5.41) is 0. The number of carbonyl (C=O) groups is 2. The molecule has 5 rings (SSSR count). The molecule has 8 heteroatoms. The fourth-order valence-corrected chi connectivity index (χ4v) is 8.12. The maximum Gasteiger partial charge on any atom is 0.330 e. The smallest absolute Gasteiger partial charge is 0.330 e. The standard InChI is InChI=1S/C39H54O8.C2H6/c1-9-37(40)46-27(7)21-42-25(5)19-44-35-17-36(45-20-26(6)43-22-28(8)47-38(41)10-2)34(39-12-11-29(39)13-23(3)18-39)16-33(35)31-14-24(4)30-15-32(30)31;1-2/h9-10,16-17,23,25-29,31-32H,1-2,11-15,18-22H2,3-8H3;1-2H3. The average Bonchev–Trinajstić information content (AvgIpc) is 3.77. The minimum Gasteiger partial charge on any atom is -0.490 e. The summed E-state index contributed by atoms with van der Waals surface area (Å²) in [6, 6.07) is 4.58. The molecule has 272 valence electrons. The molecule has 49 heavy (non-hydrogen) atoms. The van der Waals surface area contributed by atoms with Crippen LogP contribution in [0, 0.1) is 17.8 Å². The zero-order valence-corrected chi connectivity index (χ0v) is 31.2. The van der Waals surface area contributed by atoms with Crippen LogP contribution in [0.3, 0.4) is 0 Å². The van der Waals surface area contributed by atoms with E-state index < -0.39 is 11.9 Å². The number of carbonyl (C=O) groups excluding carboxylic acids is 2. The van der Waals surface area contributed by atoms with Gasteiger partial charge in [0.2, 0.25) is 0 Å². The highest BCUT2D eigenvalue weighted by molar-refractivity contribution is 5.81. The maximum atomic E-state index is 11.6. The van der Waals surface area contributed by atoms with Crippen molar-refractivity contribution in [1.82, 2.24) is 0 Å². The Labute approximate surface area is 294 Å². The summed E-state index contributed by atoms with van der Waals surface area (Å²) in [4.78, 5) is 23.1. The zero-order valence-electron chi connectivity index (χ0n) is 31.2. The lowest BCUT2D eigenvalue weighted by Gasteiger charge is -2.47. The van der Waals surface area contributed by atoms with E-state index in [0.717, 1.165) is 30.1 Å². The average molecular weight is 681 g/mol. The van der Waals surface area contributed by atoms with Crippen LogP contribution in [-0.2, 0) is 34.0 Å². The summed E-state index contributed by atoms with van der Waals surface area (Å²) in [6.07, 6.45) is 8.27. The Kier molecular flexibility index (Phi) is 13.6. The van der Waals surface area contributed by atoms with Gasteiger partial charge in [0, 0.05) is 29.2 Å². The van der Waals surface area contributed by atoms with Crippen LogP contribution in [0.2, 0.25) is 0 Å². The van der Waals surface area contributed by atoms with Crippen LogP contribution >= 0.6 is 0 Å². The molecule has 1 aromatic rings. The van der Waals surface area contributed by atoms with Crippen LogP contribution in [0.4, 0.5) is 0 Å². The van der Waals surface area contributed by atoms with Gasteiger partial charge in [-0.25, -0.2) is 9.59 Å².